The topological polar surface area (TPSA) is 26.3 Å². The average molecular weight is 188 g/mol. The standard InChI is InChI=1S/C9H16O2S/c1-4-12-8-5-9(10)11-7(3)6(8)2/h6-8H,4-5H2,1-3H3. The Morgan fingerprint density at radius 2 is 2.25 bits per heavy atom. The quantitative estimate of drug-likeness (QED) is 0.621. The van der Waals surface area contributed by atoms with Gasteiger partial charge in [-0.1, -0.05) is 13.8 Å². The highest BCUT2D eigenvalue weighted by atomic mass is 32.2. The summed E-state index contributed by atoms with van der Waals surface area (Å²) in [7, 11) is 0. The van der Waals surface area contributed by atoms with Crippen LogP contribution in [0.3, 0.4) is 0 Å². The zero-order valence-electron chi connectivity index (χ0n) is 7.87. The minimum absolute atomic E-state index is 0.0356. The molecule has 1 rings (SSSR count). The third-order valence-electron chi connectivity index (χ3n) is 2.39. The van der Waals surface area contributed by atoms with E-state index in [4.69, 9.17) is 4.74 Å². The molecule has 1 aliphatic heterocycles. The lowest BCUT2D eigenvalue weighted by Crippen LogP contribution is -2.37. The SMILES string of the molecule is CCSC1CC(=O)OC(C)C1C. The second-order valence-corrected chi connectivity index (χ2v) is 4.77. The van der Waals surface area contributed by atoms with Crippen molar-refractivity contribution in [1.29, 1.82) is 0 Å². The van der Waals surface area contributed by atoms with Crippen LogP contribution in [0.1, 0.15) is 27.2 Å². The summed E-state index contributed by atoms with van der Waals surface area (Å²) in [4.78, 5) is 11.1. The van der Waals surface area contributed by atoms with Gasteiger partial charge in [0.15, 0.2) is 0 Å². The first-order valence-corrected chi connectivity index (χ1v) is 5.51. The van der Waals surface area contributed by atoms with Crippen LogP contribution in [0.25, 0.3) is 0 Å². The number of hydrogen-bond acceptors (Lipinski definition) is 3. The normalized spacial score (nSPS) is 36.2. The molecular formula is C9H16O2S. The highest BCUT2D eigenvalue weighted by Crippen LogP contribution is 2.30. The van der Waals surface area contributed by atoms with Gasteiger partial charge in [0.05, 0.1) is 6.42 Å². The molecule has 1 fully saturated rings. The van der Waals surface area contributed by atoms with E-state index in [2.05, 4.69) is 13.8 Å². The number of cyclic esters (lactones) is 1. The Morgan fingerprint density at radius 1 is 1.58 bits per heavy atom. The van der Waals surface area contributed by atoms with Gasteiger partial charge in [-0.15, -0.1) is 0 Å². The Hall–Kier alpha value is -0.180. The lowest BCUT2D eigenvalue weighted by Gasteiger charge is -2.32. The Bertz CT molecular complexity index is 170. The fraction of sp³-hybridized carbons (Fsp3) is 0.889. The van der Waals surface area contributed by atoms with E-state index in [-0.39, 0.29) is 12.1 Å². The molecule has 3 heteroatoms. The van der Waals surface area contributed by atoms with Gasteiger partial charge in [0.2, 0.25) is 0 Å². The van der Waals surface area contributed by atoms with Crippen LogP contribution in [-0.4, -0.2) is 23.1 Å². The Balaban J connectivity index is 2.53. The smallest absolute Gasteiger partial charge is 0.307 e. The second kappa shape index (κ2) is 4.17. The van der Waals surface area contributed by atoms with Crippen LogP contribution in [0.5, 0.6) is 0 Å². The number of hydrogen-bond donors (Lipinski definition) is 0. The van der Waals surface area contributed by atoms with Crippen molar-refractivity contribution in [2.75, 3.05) is 5.75 Å². The van der Waals surface area contributed by atoms with Crippen LogP contribution < -0.4 is 0 Å². The molecule has 3 atom stereocenters. The van der Waals surface area contributed by atoms with Crippen LogP contribution in [0.15, 0.2) is 0 Å². The highest BCUT2D eigenvalue weighted by Gasteiger charge is 2.32. The molecule has 0 radical (unpaired) electrons. The monoisotopic (exact) mass is 188 g/mol. The first kappa shape index (κ1) is 9.90. The van der Waals surface area contributed by atoms with Gasteiger partial charge < -0.3 is 4.74 Å². The molecule has 0 bridgehead atoms. The third kappa shape index (κ3) is 2.16. The summed E-state index contributed by atoms with van der Waals surface area (Å²) in [5.74, 6) is 1.54. The van der Waals surface area contributed by atoms with Gasteiger partial charge in [-0.25, -0.2) is 0 Å². The van der Waals surface area contributed by atoms with E-state index in [0.717, 1.165) is 5.75 Å². The zero-order chi connectivity index (χ0) is 9.14. The number of esters is 1. The largest absolute Gasteiger partial charge is 0.462 e. The van der Waals surface area contributed by atoms with Gasteiger partial charge in [-0.2, -0.15) is 11.8 Å². The molecule has 0 aliphatic carbocycles. The summed E-state index contributed by atoms with van der Waals surface area (Å²) in [6, 6.07) is 0. The van der Waals surface area contributed by atoms with Gasteiger partial charge in [0.1, 0.15) is 6.10 Å². The fourth-order valence-electron chi connectivity index (χ4n) is 1.44. The van der Waals surface area contributed by atoms with Crippen molar-refractivity contribution >= 4 is 17.7 Å². The van der Waals surface area contributed by atoms with Crippen LogP contribution in [0.4, 0.5) is 0 Å². The van der Waals surface area contributed by atoms with Gasteiger partial charge in [0, 0.05) is 11.2 Å². The molecule has 70 valence electrons. The molecule has 0 aromatic rings. The molecule has 1 saturated heterocycles. The summed E-state index contributed by atoms with van der Waals surface area (Å²) in [5, 5.41) is 0.464. The summed E-state index contributed by atoms with van der Waals surface area (Å²) in [6.45, 7) is 6.26. The first-order chi connectivity index (χ1) is 5.65. The van der Waals surface area contributed by atoms with Crippen LogP contribution >= 0.6 is 11.8 Å². The average Bonchev–Trinajstić information content (AvgIpc) is 2.00. The predicted molar refractivity (Wildman–Crippen MR) is 51.3 cm³/mol. The maximum atomic E-state index is 11.1. The van der Waals surface area contributed by atoms with Gasteiger partial charge >= 0.3 is 5.97 Å². The molecule has 1 aliphatic rings. The Labute approximate surface area is 78.1 Å². The lowest BCUT2D eigenvalue weighted by molar-refractivity contribution is -0.155. The number of carbonyl (C=O) groups is 1. The van der Waals surface area contributed by atoms with Crippen LogP contribution in [0.2, 0.25) is 0 Å². The number of thioether (sulfide) groups is 1. The minimum atomic E-state index is -0.0356. The van der Waals surface area contributed by atoms with Crippen molar-refractivity contribution in [3.8, 4) is 0 Å². The van der Waals surface area contributed by atoms with Gasteiger partial charge in [-0.3, -0.25) is 4.79 Å². The Kier molecular flexibility index (Phi) is 3.44. The minimum Gasteiger partial charge on any atom is -0.462 e. The molecule has 0 aromatic heterocycles. The maximum absolute atomic E-state index is 11.1. The molecule has 0 spiro atoms. The van der Waals surface area contributed by atoms with Gasteiger partial charge in [-0.05, 0) is 12.7 Å². The molecular weight excluding hydrogens is 172 g/mol. The molecule has 0 amide bonds. The van der Waals surface area contributed by atoms with Crippen molar-refractivity contribution in [3.63, 3.8) is 0 Å². The second-order valence-electron chi connectivity index (χ2n) is 3.25. The molecule has 0 aromatic carbocycles. The Morgan fingerprint density at radius 3 is 2.83 bits per heavy atom. The first-order valence-electron chi connectivity index (χ1n) is 4.46. The molecule has 1 heterocycles. The molecule has 12 heavy (non-hydrogen) atoms. The summed E-state index contributed by atoms with van der Waals surface area (Å²) in [5.41, 5.74) is 0. The zero-order valence-corrected chi connectivity index (χ0v) is 8.69. The molecule has 0 N–H and O–H groups in total. The van der Waals surface area contributed by atoms with E-state index in [1.807, 2.05) is 18.7 Å². The van der Waals surface area contributed by atoms with Crippen molar-refractivity contribution in [2.24, 2.45) is 5.92 Å². The van der Waals surface area contributed by atoms with E-state index in [9.17, 15) is 4.79 Å². The highest BCUT2D eigenvalue weighted by molar-refractivity contribution is 7.99. The van der Waals surface area contributed by atoms with Crippen LogP contribution in [0, 0.1) is 5.92 Å². The van der Waals surface area contributed by atoms with E-state index in [1.54, 1.807) is 0 Å². The molecule has 0 saturated carbocycles. The maximum Gasteiger partial charge on any atom is 0.307 e. The van der Waals surface area contributed by atoms with Crippen molar-refractivity contribution < 1.29 is 9.53 Å². The van der Waals surface area contributed by atoms with Crippen molar-refractivity contribution in [2.45, 2.75) is 38.5 Å². The summed E-state index contributed by atoms with van der Waals surface area (Å²) in [6.07, 6.45) is 0.680. The molecule has 3 unspecified atom stereocenters. The van der Waals surface area contributed by atoms with E-state index in [0.29, 0.717) is 17.6 Å². The number of ether oxygens (including phenoxy) is 1. The lowest BCUT2D eigenvalue weighted by atomic mass is 9.97. The van der Waals surface area contributed by atoms with E-state index in [1.165, 1.54) is 0 Å². The van der Waals surface area contributed by atoms with Crippen molar-refractivity contribution in [3.05, 3.63) is 0 Å². The van der Waals surface area contributed by atoms with Gasteiger partial charge in [0.25, 0.3) is 0 Å². The number of carbonyl (C=O) groups excluding carboxylic acids is 1. The molecule has 2 nitrogen and oxygen atoms in total. The predicted octanol–water partition coefficient (Wildman–Crippen LogP) is 2.08. The van der Waals surface area contributed by atoms with Crippen molar-refractivity contribution in [1.82, 2.24) is 0 Å². The summed E-state index contributed by atoms with van der Waals surface area (Å²) >= 11 is 1.87. The third-order valence-corrected chi connectivity index (χ3v) is 3.75. The van der Waals surface area contributed by atoms with E-state index < -0.39 is 0 Å². The van der Waals surface area contributed by atoms with E-state index >= 15 is 0 Å². The fourth-order valence-corrected chi connectivity index (χ4v) is 2.65. The summed E-state index contributed by atoms with van der Waals surface area (Å²) < 4.78 is 5.12. The van der Waals surface area contributed by atoms with Crippen LogP contribution in [-0.2, 0) is 9.53 Å². The number of rotatable bonds is 2.